The molecule has 0 amide bonds. The highest BCUT2D eigenvalue weighted by Crippen LogP contribution is 2.25. The van der Waals surface area contributed by atoms with Gasteiger partial charge >= 0.3 is 0 Å². The van der Waals surface area contributed by atoms with E-state index in [9.17, 15) is 5.11 Å². The minimum Gasteiger partial charge on any atom is -0.391 e. The maximum atomic E-state index is 9.71. The second-order valence-electron chi connectivity index (χ2n) is 5.79. The number of fused-ring (bicyclic) bond motifs is 1. The van der Waals surface area contributed by atoms with Gasteiger partial charge < -0.3 is 20.6 Å². The van der Waals surface area contributed by atoms with Crippen LogP contribution in [0.15, 0.2) is 6.33 Å². The normalized spacial score (nSPS) is 13.7. The van der Waals surface area contributed by atoms with E-state index in [2.05, 4.69) is 37.5 Å². The van der Waals surface area contributed by atoms with Crippen LogP contribution in [0, 0.1) is 0 Å². The van der Waals surface area contributed by atoms with E-state index >= 15 is 0 Å². The Morgan fingerprint density at radius 1 is 1.13 bits per heavy atom. The summed E-state index contributed by atoms with van der Waals surface area (Å²) in [4.78, 5) is 19.5. The predicted molar refractivity (Wildman–Crippen MR) is 93.0 cm³/mol. The van der Waals surface area contributed by atoms with E-state index in [0.717, 1.165) is 13.0 Å². The van der Waals surface area contributed by atoms with E-state index in [1.54, 1.807) is 6.92 Å². The van der Waals surface area contributed by atoms with E-state index in [-0.39, 0.29) is 6.04 Å². The van der Waals surface area contributed by atoms with Gasteiger partial charge in [-0.25, -0.2) is 15.0 Å². The van der Waals surface area contributed by atoms with Crippen molar-refractivity contribution in [3.8, 4) is 0 Å². The zero-order valence-electron chi connectivity index (χ0n) is 14.3. The number of rotatable bonds is 7. The molecular weight excluding hydrogens is 294 g/mol. The molecule has 2 aromatic heterocycles. The SMILES string of the molecule is CCCNc1nc(N(C)C)nc2c(NC(C)C(C)O)ncnc12. The number of nitrogens with one attached hydrogen (secondary N) is 2. The lowest BCUT2D eigenvalue weighted by Gasteiger charge is -2.19. The largest absolute Gasteiger partial charge is 0.391 e. The van der Waals surface area contributed by atoms with Crippen molar-refractivity contribution < 1.29 is 5.11 Å². The second-order valence-corrected chi connectivity index (χ2v) is 5.79. The molecule has 0 aromatic carbocycles. The quantitative estimate of drug-likeness (QED) is 0.706. The Kier molecular flexibility index (Phi) is 5.49. The summed E-state index contributed by atoms with van der Waals surface area (Å²) in [5.41, 5.74) is 1.30. The number of aliphatic hydroxyl groups is 1. The van der Waals surface area contributed by atoms with Crippen LogP contribution in [0.4, 0.5) is 17.6 Å². The van der Waals surface area contributed by atoms with Gasteiger partial charge in [0.05, 0.1) is 12.1 Å². The first kappa shape index (κ1) is 17.1. The Morgan fingerprint density at radius 2 is 1.87 bits per heavy atom. The third-order valence-corrected chi connectivity index (χ3v) is 3.50. The van der Waals surface area contributed by atoms with Crippen molar-refractivity contribution in [1.82, 2.24) is 19.9 Å². The van der Waals surface area contributed by atoms with Gasteiger partial charge in [-0.15, -0.1) is 0 Å². The number of nitrogens with zero attached hydrogens (tertiary/aromatic N) is 5. The van der Waals surface area contributed by atoms with Crippen LogP contribution in [0.25, 0.3) is 11.0 Å². The highest BCUT2D eigenvalue weighted by molar-refractivity contribution is 5.93. The first-order valence-corrected chi connectivity index (χ1v) is 7.82. The van der Waals surface area contributed by atoms with Crippen molar-refractivity contribution in [2.75, 3.05) is 36.2 Å². The van der Waals surface area contributed by atoms with Gasteiger partial charge in [0, 0.05) is 20.6 Å². The minimum atomic E-state index is -0.507. The molecule has 0 radical (unpaired) electrons. The summed E-state index contributed by atoms with van der Waals surface area (Å²) in [5.74, 6) is 1.86. The van der Waals surface area contributed by atoms with Crippen LogP contribution in [0.1, 0.15) is 27.2 Å². The lowest BCUT2D eigenvalue weighted by Crippen LogP contribution is -2.28. The second kappa shape index (κ2) is 7.36. The molecule has 0 bridgehead atoms. The third kappa shape index (κ3) is 3.95. The molecule has 0 saturated heterocycles. The average Bonchev–Trinajstić information content (AvgIpc) is 2.52. The summed E-state index contributed by atoms with van der Waals surface area (Å²) < 4.78 is 0. The Labute approximate surface area is 136 Å². The lowest BCUT2D eigenvalue weighted by molar-refractivity contribution is 0.178. The molecular formula is C15H25N7O. The van der Waals surface area contributed by atoms with Crippen LogP contribution >= 0.6 is 0 Å². The molecule has 126 valence electrons. The van der Waals surface area contributed by atoms with E-state index in [4.69, 9.17) is 0 Å². The van der Waals surface area contributed by atoms with Crippen molar-refractivity contribution in [3.05, 3.63) is 6.33 Å². The molecule has 2 rings (SSSR count). The summed E-state index contributed by atoms with van der Waals surface area (Å²) in [5, 5.41) is 16.2. The van der Waals surface area contributed by atoms with Gasteiger partial charge in [-0.1, -0.05) is 6.92 Å². The summed E-state index contributed by atoms with van der Waals surface area (Å²) in [6.07, 6.45) is 1.96. The number of aromatic nitrogens is 4. The number of hydrogen-bond donors (Lipinski definition) is 3. The van der Waals surface area contributed by atoms with Crippen LogP contribution in [0.2, 0.25) is 0 Å². The van der Waals surface area contributed by atoms with Gasteiger partial charge in [0.1, 0.15) is 17.4 Å². The first-order chi connectivity index (χ1) is 10.9. The number of hydrogen-bond acceptors (Lipinski definition) is 8. The van der Waals surface area contributed by atoms with Gasteiger partial charge in [-0.05, 0) is 20.3 Å². The molecule has 0 fully saturated rings. The molecule has 23 heavy (non-hydrogen) atoms. The average molecular weight is 319 g/mol. The maximum Gasteiger partial charge on any atom is 0.227 e. The lowest BCUT2D eigenvalue weighted by atomic mass is 10.2. The molecule has 2 aromatic rings. The summed E-state index contributed by atoms with van der Waals surface area (Å²) >= 11 is 0. The molecule has 0 aliphatic heterocycles. The highest BCUT2D eigenvalue weighted by atomic mass is 16.3. The van der Waals surface area contributed by atoms with Gasteiger partial charge in [-0.3, -0.25) is 0 Å². The van der Waals surface area contributed by atoms with Crippen LogP contribution in [-0.2, 0) is 0 Å². The van der Waals surface area contributed by atoms with Gasteiger partial charge in [0.15, 0.2) is 11.6 Å². The standard InChI is InChI=1S/C15H25N7O/c1-6-7-16-13-11-12(20-15(21-13)22(4)5)14(18-8-17-11)19-9(2)10(3)23/h8-10,23H,6-7H2,1-5H3,(H,16,20,21)(H,17,18,19). The number of anilines is 3. The zero-order chi connectivity index (χ0) is 17.0. The van der Waals surface area contributed by atoms with E-state index in [1.165, 1.54) is 6.33 Å². The fraction of sp³-hybridized carbons (Fsp3) is 0.600. The molecule has 0 aliphatic carbocycles. The molecule has 3 N–H and O–H groups in total. The number of aliphatic hydroxyl groups excluding tert-OH is 1. The van der Waals surface area contributed by atoms with Crippen molar-refractivity contribution in [2.24, 2.45) is 0 Å². The summed E-state index contributed by atoms with van der Waals surface area (Å²) in [6.45, 7) is 6.52. The van der Waals surface area contributed by atoms with Gasteiger partial charge in [0.25, 0.3) is 0 Å². The molecule has 8 heteroatoms. The van der Waals surface area contributed by atoms with Crippen molar-refractivity contribution in [2.45, 2.75) is 39.3 Å². The highest BCUT2D eigenvalue weighted by Gasteiger charge is 2.17. The van der Waals surface area contributed by atoms with Crippen LogP contribution < -0.4 is 15.5 Å². The smallest absolute Gasteiger partial charge is 0.227 e. The monoisotopic (exact) mass is 319 g/mol. The topological polar surface area (TPSA) is 99.1 Å². The summed E-state index contributed by atoms with van der Waals surface area (Å²) in [6, 6.07) is -0.155. The van der Waals surface area contributed by atoms with E-state index in [0.29, 0.717) is 28.6 Å². The third-order valence-electron chi connectivity index (χ3n) is 3.50. The van der Waals surface area contributed by atoms with Crippen LogP contribution in [0.3, 0.4) is 0 Å². The zero-order valence-corrected chi connectivity index (χ0v) is 14.3. The van der Waals surface area contributed by atoms with Gasteiger partial charge in [0.2, 0.25) is 5.95 Å². The van der Waals surface area contributed by atoms with Crippen molar-refractivity contribution in [3.63, 3.8) is 0 Å². The van der Waals surface area contributed by atoms with Crippen LogP contribution in [-0.4, -0.2) is 57.8 Å². The molecule has 2 heterocycles. The van der Waals surface area contributed by atoms with Crippen molar-refractivity contribution >= 4 is 28.6 Å². The van der Waals surface area contributed by atoms with E-state index < -0.39 is 6.10 Å². The molecule has 0 spiro atoms. The fourth-order valence-electron chi connectivity index (χ4n) is 1.94. The molecule has 8 nitrogen and oxygen atoms in total. The summed E-state index contributed by atoms with van der Waals surface area (Å²) in [7, 11) is 3.78. The molecule has 2 atom stereocenters. The Hall–Kier alpha value is -2.22. The fourth-order valence-corrected chi connectivity index (χ4v) is 1.94. The van der Waals surface area contributed by atoms with Crippen molar-refractivity contribution in [1.29, 1.82) is 0 Å². The van der Waals surface area contributed by atoms with Crippen LogP contribution in [0.5, 0.6) is 0 Å². The molecule has 0 saturated carbocycles. The van der Waals surface area contributed by atoms with Gasteiger partial charge in [-0.2, -0.15) is 4.98 Å². The Balaban J connectivity index is 2.54. The predicted octanol–water partition coefficient (Wildman–Crippen LogP) is 1.49. The Morgan fingerprint density at radius 3 is 2.48 bits per heavy atom. The maximum absolute atomic E-state index is 9.71. The van der Waals surface area contributed by atoms with E-state index in [1.807, 2.05) is 25.9 Å². The molecule has 2 unspecified atom stereocenters. The minimum absolute atomic E-state index is 0.155. The first-order valence-electron chi connectivity index (χ1n) is 7.82. The molecule has 0 aliphatic rings. The Bertz CT molecular complexity index is 660.